The zero-order valence-electron chi connectivity index (χ0n) is 10.7. The molecule has 0 heterocycles. The quantitative estimate of drug-likeness (QED) is 0.868. The maximum absolute atomic E-state index is 10.7. The van der Waals surface area contributed by atoms with E-state index in [0.29, 0.717) is 5.92 Å². The van der Waals surface area contributed by atoms with Crippen molar-refractivity contribution >= 4 is 5.97 Å². The topological polar surface area (TPSA) is 37.3 Å². The highest BCUT2D eigenvalue weighted by molar-refractivity contribution is 5.73. The summed E-state index contributed by atoms with van der Waals surface area (Å²) in [7, 11) is 0. The van der Waals surface area contributed by atoms with E-state index in [1.807, 2.05) is 0 Å². The van der Waals surface area contributed by atoms with E-state index in [2.05, 4.69) is 45.0 Å². The number of hydrogen-bond acceptors (Lipinski definition) is 1. The molecular formula is C15H20O2. The predicted molar refractivity (Wildman–Crippen MR) is 68.1 cm³/mol. The van der Waals surface area contributed by atoms with Gasteiger partial charge in [0.2, 0.25) is 0 Å². The number of rotatable bonds is 3. The molecule has 2 atom stereocenters. The van der Waals surface area contributed by atoms with E-state index in [1.54, 1.807) is 0 Å². The number of carboxylic acids is 1. The van der Waals surface area contributed by atoms with Gasteiger partial charge in [-0.2, -0.15) is 0 Å². The summed E-state index contributed by atoms with van der Waals surface area (Å²) in [5.41, 5.74) is 2.76. The zero-order chi connectivity index (χ0) is 12.6. The second-order valence-electron chi connectivity index (χ2n) is 6.09. The molecule has 0 unspecified atom stereocenters. The highest BCUT2D eigenvalue weighted by Crippen LogP contribution is 2.41. The predicted octanol–water partition coefficient (Wildman–Crippen LogP) is 3.25. The molecule has 1 aromatic carbocycles. The summed E-state index contributed by atoms with van der Waals surface area (Å²) >= 11 is 0. The van der Waals surface area contributed by atoms with Gasteiger partial charge >= 0.3 is 5.97 Å². The molecule has 0 aromatic heterocycles. The summed E-state index contributed by atoms with van der Waals surface area (Å²) in [6.45, 7) is 6.59. The number of benzene rings is 1. The number of aliphatic carboxylic acids is 1. The maximum Gasteiger partial charge on any atom is 0.306 e. The van der Waals surface area contributed by atoms with Gasteiger partial charge in [0.05, 0.1) is 5.92 Å². The fourth-order valence-electron chi connectivity index (χ4n) is 2.22. The average Bonchev–Trinajstić information content (AvgIpc) is 2.96. The van der Waals surface area contributed by atoms with Crippen molar-refractivity contribution in [3.05, 3.63) is 35.4 Å². The van der Waals surface area contributed by atoms with E-state index < -0.39 is 5.97 Å². The van der Waals surface area contributed by atoms with Crippen LogP contribution in [0.1, 0.15) is 38.3 Å². The molecule has 1 N–H and O–H groups in total. The minimum Gasteiger partial charge on any atom is -0.481 e. The van der Waals surface area contributed by atoms with Crippen LogP contribution in [-0.2, 0) is 16.6 Å². The summed E-state index contributed by atoms with van der Waals surface area (Å²) in [5.74, 6) is -0.383. The molecule has 0 aliphatic heterocycles. The Balaban J connectivity index is 1.98. The van der Waals surface area contributed by atoms with Crippen molar-refractivity contribution in [3.63, 3.8) is 0 Å². The van der Waals surface area contributed by atoms with Gasteiger partial charge in [-0.3, -0.25) is 4.79 Å². The Morgan fingerprint density at radius 1 is 1.29 bits per heavy atom. The van der Waals surface area contributed by atoms with E-state index in [4.69, 9.17) is 5.11 Å². The zero-order valence-corrected chi connectivity index (χ0v) is 10.7. The van der Waals surface area contributed by atoms with Crippen LogP contribution in [0.2, 0.25) is 0 Å². The minimum absolute atomic E-state index is 0.0997. The van der Waals surface area contributed by atoms with Crippen molar-refractivity contribution in [3.8, 4) is 0 Å². The Hall–Kier alpha value is -1.31. The van der Waals surface area contributed by atoms with E-state index in [1.165, 1.54) is 11.1 Å². The third kappa shape index (κ3) is 2.87. The molecule has 2 heteroatoms. The first kappa shape index (κ1) is 12.2. The molecule has 2 nitrogen and oxygen atoms in total. The van der Waals surface area contributed by atoms with Crippen LogP contribution in [0.15, 0.2) is 24.3 Å². The van der Waals surface area contributed by atoms with Crippen molar-refractivity contribution in [1.82, 2.24) is 0 Å². The first-order valence-electron chi connectivity index (χ1n) is 6.20. The van der Waals surface area contributed by atoms with Crippen LogP contribution in [0.4, 0.5) is 0 Å². The Morgan fingerprint density at radius 3 is 2.29 bits per heavy atom. The minimum atomic E-state index is -0.638. The molecular weight excluding hydrogens is 212 g/mol. The summed E-state index contributed by atoms with van der Waals surface area (Å²) in [6.07, 6.45) is 1.75. The normalized spacial score (nSPS) is 23.5. The molecule has 0 amide bonds. The standard InChI is InChI=1S/C15H20O2/c1-15(2,3)12-6-4-10(5-7-12)8-11-9-13(11)14(16)17/h4-7,11,13H,8-9H2,1-3H3,(H,16,17)/t11-,13+/m1/s1. The van der Waals surface area contributed by atoms with Gasteiger partial charge in [-0.05, 0) is 35.3 Å². The number of hydrogen-bond donors (Lipinski definition) is 1. The van der Waals surface area contributed by atoms with Gasteiger partial charge in [-0.25, -0.2) is 0 Å². The Bertz CT molecular complexity index is 412. The van der Waals surface area contributed by atoms with Crippen LogP contribution in [0.3, 0.4) is 0 Å². The third-order valence-electron chi connectivity index (χ3n) is 3.56. The first-order valence-corrected chi connectivity index (χ1v) is 6.20. The summed E-state index contributed by atoms with van der Waals surface area (Å²) in [6, 6.07) is 8.59. The summed E-state index contributed by atoms with van der Waals surface area (Å²) in [5, 5.41) is 8.85. The molecule has 0 saturated heterocycles. The van der Waals surface area contributed by atoms with E-state index in [-0.39, 0.29) is 11.3 Å². The molecule has 2 rings (SSSR count). The highest BCUT2D eigenvalue weighted by Gasteiger charge is 2.42. The van der Waals surface area contributed by atoms with Gasteiger partial charge in [-0.15, -0.1) is 0 Å². The molecule has 0 radical (unpaired) electrons. The Kier molecular flexibility index (Phi) is 2.98. The highest BCUT2D eigenvalue weighted by atomic mass is 16.4. The lowest BCUT2D eigenvalue weighted by Gasteiger charge is -2.19. The number of carbonyl (C=O) groups is 1. The second-order valence-corrected chi connectivity index (χ2v) is 6.09. The lowest BCUT2D eigenvalue weighted by atomic mass is 9.86. The van der Waals surface area contributed by atoms with Crippen LogP contribution in [-0.4, -0.2) is 11.1 Å². The van der Waals surface area contributed by atoms with Crippen LogP contribution >= 0.6 is 0 Å². The lowest BCUT2D eigenvalue weighted by molar-refractivity contribution is -0.138. The smallest absolute Gasteiger partial charge is 0.306 e. The second kappa shape index (κ2) is 4.17. The van der Waals surface area contributed by atoms with Gasteiger partial charge in [-0.1, -0.05) is 45.0 Å². The van der Waals surface area contributed by atoms with Gasteiger partial charge in [0.15, 0.2) is 0 Å². The van der Waals surface area contributed by atoms with Gasteiger partial charge in [0.25, 0.3) is 0 Å². The van der Waals surface area contributed by atoms with Crippen LogP contribution in [0.25, 0.3) is 0 Å². The third-order valence-corrected chi connectivity index (χ3v) is 3.56. The molecule has 1 saturated carbocycles. The Labute approximate surface area is 103 Å². The largest absolute Gasteiger partial charge is 0.481 e. The van der Waals surface area contributed by atoms with Crippen LogP contribution in [0.5, 0.6) is 0 Å². The van der Waals surface area contributed by atoms with Crippen molar-refractivity contribution < 1.29 is 9.90 Å². The van der Waals surface area contributed by atoms with Crippen molar-refractivity contribution in [2.75, 3.05) is 0 Å². The van der Waals surface area contributed by atoms with Gasteiger partial charge in [0.1, 0.15) is 0 Å². The van der Waals surface area contributed by atoms with Crippen molar-refractivity contribution in [1.29, 1.82) is 0 Å². The van der Waals surface area contributed by atoms with Crippen molar-refractivity contribution in [2.24, 2.45) is 11.8 Å². The molecule has 1 aliphatic carbocycles. The maximum atomic E-state index is 10.7. The molecule has 0 spiro atoms. The molecule has 1 fully saturated rings. The van der Waals surface area contributed by atoms with E-state index in [0.717, 1.165) is 12.8 Å². The average molecular weight is 232 g/mol. The molecule has 92 valence electrons. The summed E-state index contributed by atoms with van der Waals surface area (Å²) in [4.78, 5) is 10.7. The van der Waals surface area contributed by atoms with Crippen LogP contribution in [0, 0.1) is 11.8 Å². The van der Waals surface area contributed by atoms with E-state index in [9.17, 15) is 4.79 Å². The monoisotopic (exact) mass is 232 g/mol. The van der Waals surface area contributed by atoms with E-state index >= 15 is 0 Å². The van der Waals surface area contributed by atoms with Crippen molar-refractivity contribution in [2.45, 2.75) is 39.0 Å². The Morgan fingerprint density at radius 2 is 1.88 bits per heavy atom. The van der Waals surface area contributed by atoms with Crippen LogP contribution < -0.4 is 0 Å². The molecule has 1 aromatic rings. The molecule has 0 bridgehead atoms. The first-order chi connectivity index (χ1) is 7.88. The summed E-state index contributed by atoms with van der Waals surface area (Å²) < 4.78 is 0. The molecule has 17 heavy (non-hydrogen) atoms. The van der Waals surface area contributed by atoms with Gasteiger partial charge < -0.3 is 5.11 Å². The fraction of sp³-hybridized carbons (Fsp3) is 0.533. The SMILES string of the molecule is CC(C)(C)c1ccc(C[C@@H]2C[C@@H]2C(=O)O)cc1. The fourth-order valence-corrected chi connectivity index (χ4v) is 2.22. The molecule has 1 aliphatic rings. The lowest BCUT2D eigenvalue weighted by Crippen LogP contribution is -2.10. The van der Waals surface area contributed by atoms with Gasteiger partial charge in [0, 0.05) is 0 Å². The number of carboxylic acid groups (broad SMARTS) is 1.